The fourth-order valence-electron chi connectivity index (χ4n) is 1.43. The Morgan fingerprint density at radius 3 is 3.00 bits per heavy atom. The predicted octanol–water partition coefficient (Wildman–Crippen LogP) is 0.193. The second-order valence-electron chi connectivity index (χ2n) is 3.20. The van der Waals surface area contributed by atoms with Gasteiger partial charge in [0.25, 0.3) is 0 Å². The second-order valence-corrected chi connectivity index (χ2v) is 3.20. The van der Waals surface area contributed by atoms with Crippen molar-refractivity contribution in [3.8, 4) is 0 Å². The third-order valence-corrected chi connectivity index (χ3v) is 2.23. The Bertz CT molecular complexity index is 187. The highest BCUT2D eigenvalue weighted by atomic mass is 16.6. The standard InChI is InChI=1S/C9H18N2O3/c1-2-13-8(7-10)3-4-11-5-6-14-9(11)12/h8H,2-7,10H2,1H3. The van der Waals surface area contributed by atoms with Crippen LogP contribution in [0.5, 0.6) is 0 Å². The summed E-state index contributed by atoms with van der Waals surface area (Å²) in [5.41, 5.74) is 5.52. The monoisotopic (exact) mass is 202 g/mol. The Balaban J connectivity index is 2.20. The van der Waals surface area contributed by atoms with Crippen LogP contribution in [-0.2, 0) is 9.47 Å². The summed E-state index contributed by atoms with van der Waals surface area (Å²) in [4.78, 5) is 12.7. The van der Waals surface area contributed by atoms with Crippen LogP contribution in [-0.4, -0.2) is 49.9 Å². The largest absolute Gasteiger partial charge is 0.448 e. The van der Waals surface area contributed by atoms with Crippen molar-refractivity contribution in [2.45, 2.75) is 19.4 Å². The van der Waals surface area contributed by atoms with E-state index in [1.54, 1.807) is 4.90 Å². The molecule has 0 aromatic rings. The van der Waals surface area contributed by atoms with E-state index in [1.807, 2.05) is 6.92 Å². The van der Waals surface area contributed by atoms with Crippen molar-refractivity contribution in [1.29, 1.82) is 0 Å². The average Bonchev–Trinajstić information content (AvgIpc) is 2.59. The number of amides is 1. The number of carbonyl (C=O) groups is 1. The zero-order chi connectivity index (χ0) is 10.4. The lowest BCUT2D eigenvalue weighted by Crippen LogP contribution is -2.32. The first-order chi connectivity index (χ1) is 6.77. The molecule has 5 heteroatoms. The first-order valence-electron chi connectivity index (χ1n) is 5.01. The van der Waals surface area contributed by atoms with Gasteiger partial charge in [0.15, 0.2) is 0 Å². The summed E-state index contributed by atoms with van der Waals surface area (Å²) in [6.07, 6.45) is 0.602. The third-order valence-electron chi connectivity index (χ3n) is 2.23. The number of cyclic esters (lactones) is 1. The van der Waals surface area contributed by atoms with Crippen molar-refractivity contribution in [1.82, 2.24) is 4.90 Å². The number of rotatable bonds is 6. The fourth-order valence-corrected chi connectivity index (χ4v) is 1.43. The van der Waals surface area contributed by atoms with Crippen LogP contribution in [0, 0.1) is 0 Å². The molecule has 0 spiro atoms. The van der Waals surface area contributed by atoms with Gasteiger partial charge in [-0.25, -0.2) is 4.79 Å². The molecule has 0 radical (unpaired) electrons. The Hall–Kier alpha value is -0.810. The van der Waals surface area contributed by atoms with E-state index < -0.39 is 0 Å². The molecule has 0 bridgehead atoms. The normalized spacial score (nSPS) is 18.4. The highest BCUT2D eigenvalue weighted by Gasteiger charge is 2.22. The first kappa shape index (κ1) is 11.3. The van der Waals surface area contributed by atoms with E-state index in [0.29, 0.717) is 32.8 Å². The summed E-state index contributed by atoms with van der Waals surface area (Å²) in [6.45, 7) is 4.94. The molecule has 14 heavy (non-hydrogen) atoms. The highest BCUT2D eigenvalue weighted by Crippen LogP contribution is 2.06. The molecule has 0 aromatic heterocycles. The van der Waals surface area contributed by atoms with Gasteiger partial charge in [-0.15, -0.1) is 0 Å². The molecule has 1 unspecified atom stereocenters. The number of nitrogens with two attached hydrogens (primary N) is 1. The van der Waals surface area contributed by atoms with E-state index in [2.05, 4.69) is 0 Å². The van der Waals surface area contributed by atoms with E-state index >= 15 is 0 Å². The van der Waals surface area contributed by atoms with Gasteiger partial charge in [-0.05, 0) is 13.3 Å². The lowest BCUT2D eigenvalue weighted by Gasteiger charge is -2.18. The first-order valence-corrected chi connectivity index (χ1v) is 5.01. The Labute approximate surface area is 84.1 Å². The van der Waals surface area contributed by atoms with Gasteiger partial charge in [-0.3, -0.25) is 0 Å². The SMILES string of the molecule is CCOC(CN)CCN1CCOC1=O. The van der Waals surface area contributed by atoms with Crippen molar-refractivity contribution in [3.63, 3.8) is 0 Å². The number of carbonyl (C=O) groups excluding carboxylic acids is 1. The molecular formula is C9H18N2O3. The summed E-state index contributed by atoms with van der Waals surface area (Å²) >= 11 is 0. The number of hydrogen-bond acceptors (Lipinski definition) is 4. The molecule has 0 saturated carbocycles. The van der Waals surface area contributed by atoms with Gasteiger partial charge in [-0.2, -0.15) is 0 Å². The third kappa shape index (κ3) is 3.16. The fraction of sp³-hybridized carbons (Fsp3) is 0.889. The van der Waals surface area contributed by atoms with Gasteiger partial charge >= 0.3 is 6.09 Å². The number of hydrogen-bond donors (Lipinski definition) is 1. The summed E-state index contributed by atoms with van der Waals surface area (Å²) in [5, 5.41) is 0. The zero-order valence-corrected chi connectivity index (χ0v) is 8.57. The molecule has 1 saturated heterocycles. The van der Waals surface area contributed by atoms with Gasteiger partial charge in [0.1, 0.15) is 6.61 Å². The number of ether oxygens (including phenoxy) is 2. The molecule has 0 aromatic carbocycles. The zero-order valence-electron chi connectivity index (χ0n) is 8.57. The average molecular weight is 202 g/mol. The van der Waals surface area contributed by atoms with E-state index in [-0.39, 0.29) is 12.2 Å². The van der Waals surface area contributed by atoms with Crippen LogP contribution < -0.4 is 5.73 Å². The maximum absolute atomic E-state index is 11.1. The molecule has 1 aliphatic rings. The Morgan fingerprint density at radius 2 is 2.50 bits per heavy atom. The molecule has 2 N–H and O–H groups in total. The Kier molecular flexibility index (Phi) is 4.69. The van der Waals surface area contributed by atoms with Crippen molar-refractivity contribution in [2.24, 2.45) is 5.73 Å². The van der Waals surface area contributed by atoms with Crippen LogP contribution in [0.3, 0.4) is 0 Å². The lowest BCUT2D eigenvalue weighted by atomic mass is 10.2. The van der Waals surface area contributed by atoms with Crippen LogP contribution in [0.1, 0.15) is 13.3 Å². The van der Waals surface area contributed by atoms with Gasteiger partial charge < -0.3 is 20.1 Å². The van der Waals surface area contributed by atoms with Gasteiger partial charge in [0.05, 0.1) is 12.6 Å². The highest BCUT2D eigenvalue weighted by molar-refractivity contribution is 5.69. The summed E-state index contributed by atoms with van der Waals surface area (Å²) in [7, 11) is 0. The topological polar surface area (TPSA) is 64.8 Å². The van der Waals surface area contributed by atoms with E-state index in [0.717, 1.165) is 6.42 Å². The molecule has 1 atom stereocenters. The molecular weight excluding hydrogens is 184 g/mol. The van der Waals surface area contributed by atoms with Crippen LogP contribution in [0.25, 0.3) is 0 Å². The quantitative estimate of drug-likeness (QED) is 0.668. The van der Waals surface area contributed by atoms with E-state index in [1.165, 1.54) is 0 Å². The molecule has 5 nitrogen and oxygen atoms in total. The van der Waals surface area contributed by atoms with Gasteiger partial charge in [0.2, 0.25) is 0 Å². The second kappa shape index (κ2) is 5.82. The molecule has 82 valence electrons. The minimum atomic E-state index is -0.225. The molecule has 0 aliphatic carbocycles. The van der Waals surface area contributed by atoms with Crippen LogP contribution in [0.4, 0.5) is 4.79 Å². The lowest BCUT2D eigenvalue weighted by molar-refractivity contribution is 0.0575. The van der Waals surface area contributed by atoms with Crippen LogP contribution >= 0.6 is 0 Å². The van der Waals surface area contributed by atoms with Crippen molar-refractivity contribution in [3.05, 3.63) is 0 Å². The summed E-state index contributed by atoms with van der Waals surface area (Å²) in [6, 6.07) is 0. The molecule has 1 rings (SSSR count). The summed E-state index contributed by atoms with van der Waals surface area (Å²) < 4.78 is 10.2. The predicted molar refractivity (Wildman–Crippen MR) is 52.0 cm³/mol. The minimum Gasteiger partial charge on any atom is -0.448 e. The van der Waals surface area contributed by atoms with Crippen molar-refractivity contribution in [2.75, 3.05) is 32.8 Å². The summed E-state index contributed by atoms with van der Waals surface area (Å²) in [5.74, 6) is 0. The maximum atomic E-state index is 11.1. The van der Waals surface area contributed by atoms with Crippen LogP contribution in [0.15, 0.2) is 0 Å². The van der Waals surface area contributed by atoms with E-state index in [9.17, 15) is 4.79 Å². The smallest absolute Gasteiger partial charge is 0.409 e. The molecule has 1 heterocycles. The van der Waals surface area contributed by atoms with Crippen LogP contribution in [0.2, 0.25) is 0 Å². The minimum absolute atomic E-state index is 0.0494. The van der Waals surface area contributed by atoms with Gasteiger partial charge in [0, 0.05) is 19.7 Å². The van der Waals surface area contributed by atoms with Crippen molar-refractivity contribution >= 4 is 6.09 Å². The Morgan fingerprint density at radius 1 is 1.71 bits per heavy atom. The van der Waals surface area contributed by atoms with E-state index in [4.69, 9.17) is 15.2 Å². The van der Waals surface area contributed by atoms with Crippen molar-refractivity contribution < 1.29 is 14.3 Å². The van der Waals surface area contributed by atoms with Gasteiger partial charge in [-0.1, -0.05) is 0 Å². The molecule has 1 amide bonds. The maximum Gasteiger partial charge on any atom is 0.409 e. The molecule has 1 aliphatic heterocycles. The number of nitrogens with zero attached hydrogens (tertiary/aromatic N) is 1. The molecule has 1 fully saturated rings.